The Bertz CT molecular complexity index is 1120. The zero-order valence-electron chi connectivity index (χ0n) is 19.1. The minimum absolute atomic E-state index is 0.0374. The van der Waals surface area contributed by atoms with Crippen molar-refractivity contribution in [3.63, 3.8) is 0 Å². The van der Waals surface area contributed by atoms with Crippen LogP contribution in [-0.2, 0) is 36.7 Å². The molecule has 0 saturated heterocycles. The van der Waals surface area contributed by atoms with E-state index in [2.05, 4.69) is 10.6 Å². The molecule has 2 N–H and O–H groups in total. The quantitative estimate of drug-likeness (QED) is 0.404. The van der Waals surface area contributed by atoms with E-state index < -0.39 is 42.4 Å². The van der Waals surface area contributed by atoms with E-state index in [0.29, 0.717) is 0 Å². The number of nitrogens with one attached hydrogen (secondary N) is 2. The van der Waals surface area contributed by atoms with Gasteiger partial charge in [-0.3, -0.25) is 9.59 Å². The first-order valence-electron chi connectivity index (χ1n) is 10.9. The summed E-state index contributed by atoms with van der Waals surface area (Å²) in [5.74, 6) is -2.66. The number of amides is 2. The molecule has 35 heavy (non-hydrogen) atoms. The highest BCUT2D eigenvalue weighted by Gasteiger charge is 2.27. The highest BCUT2D eigenvalue weighted by Crippen LogP contribution is 2.08. The van der Waals surface area contributed by atoms with E-state index in [1.165, 1.54) is 19.4 Å². The average molecular weight is 479 g/mol. The van der Waals surface area contributed by atoms with Crippen LogP contribution in [0.3, 0.4) is 0 Å². The molecule has 0 radical (unpaired) electrons. The zero-order valence-corrected chi connectivity index (χ0v) is 19.1. The van der Waals surface area contributed by atoms with Crippen molar-refractivity contribution >= 4 is 23.8 Å². The Morgan fingerprint density at radius 3 is 1.86 bits per heavy atom. The first kappa shape index (κ1) is 25.2. The summed E-state index contributed by atoms with van der Waals surface area (Å²) in [4.78, 5) is 49.8. The van der Waals surface area contributed by atoms with Crippen LogP contribution in [0.2, 0.25) is 0 Å². The molecular formula is C26H26N2O7. The summed E-state index contributed by atoms with van der Waals surface area (Å²) in [6.07, 6.45) is 1.70. The second kappa shape index (κ2) is 12.7. The van der Waals surface area contributed by atoms with Gasteiger partial charge in [-0.05, 0) is 23.3 Å². The fraction of sp³-hybridized carbons (Fsp3) is 0.231. The molecular weight excluding hydrogens is 452 g/mol. The maximum atomic E-state index is 12.8. The van der Waals surface area contributed by atoms with Gasteiger partial charge in [-0.1, -0.05) is 60.7 Å². The number of esters is 2. The summed E-state index contributed by atoms with van der Waals surface area (Å²) in [7, 11) is 1.22. The van der Waals surface area contributed by atoms with Gasteiger partial charge in [0.2, 0.25) is 0 Å². The Morgan fingerprint density at radius 1 is 0.771 bits per heavy atom. The summed E-state index contributed by atoms with van der Waals surface area (Å²) in [5, 5.41) is 5.11. The summed E-state index contributed by atoms with van der Waals surface area (Å²) in [6.45, 7) is -0.636. The van der Waals surface area contributed by atoms with Gasteiger partial charge in [0, 0.05) is 12.8 Å². The van der Waals surface area contributed by atoms with Gasteiger partial charge < -0.3 is 24.5 Å². The zero-order chi connectivity index (χ0) is 25.0. The Labute approximate surface area is 202 Å². The second-order valence-corrected chi connectivity index (χ2v) is 7.63. The number of furan rings is 1. The van der Waals surface area contributed by atoms with Crippen LogP contribution in [0, 0.1) is 0 Å². The van der Waals surface area contributed by atoms with Crippen LogP contribution < -0.4 is 10.6 Å². The number of rotatable bonds is 11. The number of benzene rings is 2. The average Bonchev–Trinajstić information content (AvgIpc) is 3.42. The number of ether oxygens (including phenoxy) is 2. The molecule has 1 unspecified atom stereocenters. The lowest BCUT2D eigenvalue weighted by Gasteiger charge is -2.19. The predicted octanol–water partition coefficient (Wildman–Crippen LogP) is 2.06. The SMILES string of the molecule is COC(=O)C(Cc1ccccc1)NC(=O)COC(=O)[C@H](Cc1ccccc1)NC(=O)c1ccco1. The van der Waals surface area contributed by atoms with Crippen LogP contribution in [0.1, 0.15) is 21.7 Å². The van der Waals surface area contributed by atoms with Crippen LogP contribution in [0.5, 0.6) is 0 Å². The Balaban J connectivity index is 1.61. The molecule has 3 rings (SSSR count). The van der Waals surface area contributed by atoms with Gasteiger partial charge in [0.25, 0.3) is 11.8 Å². The lowest BCUT2D eigenvalue weighted by molar-refractivity contribution is -0.151. The van der Waals surface area contributed by atoms with E-state index in [1.807, 2.05) is 36.4 Å². The molecule has 9 nitrogen and oxygen atoms in total. The lowest BCUT2D eigenvalue weighted by Crippen LogP contribution is -2.47. The molecule has 2 aromatic carbocycles. The van der Waals surface area contributed by atoms with E-state index in [-0.39, 0.29) is 18.6 Å². The first-order valence-corrected chi connectivity index (χ1v) is 10.9. The minimum Gasteiger partial charge on any atom is -0.467 e. The van der Waals surface area contributed by atoms with Crippen molar-refractivity contribution in [2.75, 3.05) is 13.7 Å². The molecule has 0 aliphatic rings. The lowest BCUT2D eigenvalue weighted by atomic mass is 10.1. The maximum absolute atomic E-state index is 12.8. The molecule has 0 fully saturated rings. The molecule has 2 atom stereocenters. The standard InChI is InChI=1S/C26H26N2O7/c1-33-25(31)20(15-18-9-4-2-5-10-18)27-23(29)17-35-26(32)21(16-19-11-6-3-7-12-19)28-24(30)22-13-8-14-34-22/h2-14,20-21H,15-17H2,1H3,(H,27,29)(H,28,30)/t20?,21-/m0/s1. The van der Waals surface area contributed by atoms with E-state index in [0.717, 1.165) is 11.1 Å². The molecule has 0 bridgehead atoms. The van der Waals surface area contributed by atoms with Crippen LogP contribution >= 0.6 is 0 Å². The van der Waals surface area contributed by atoms with E-state index in [4.69, 9.17) is 13.9 Å². The normalized spacial score (nSPS) is 12.1. The van der Waals surface area contributed by atoms with Crippen molar-refractivity contribution < 1.29 is 33.1 Å². The number of carbonyl (C=O) groups is 4. The fourth-order valence-corrected chi connectivity index (χ4v) is 3.34. The van der Waals surface area contributed by atoms with Gasteiger partial charge in [-0.2, -0.15) is 0 Å². The molecule has 1 heterocycles. The largest absolute Gasteiger partial charge is 0.467 e. The molecule has 9 heteroatoms. The maximum Gasteiger partial charge on any atom is 0.329 e. The number of carbonyl (C=O) groups excluding carboxylic acids is 4. The van der Waals surface area contributed by atoms with E-state index in [9.17, 15) is 19.2 Å². The van der Waals surface area contributed by atoms with Crippen molar-refractivity contribution in [1.82, 2.24) is 10.6 Å². The Morgan fingerprint density at radius 2 is 1.34 bits per heavy atom. The molecule has 182 valence electrons. The van der Waals surface area contributed by atoms with Gasteiger partial charge in [0.1, 0.15) is 12.1 Å². The Kier molecular flexibility index (Phi) is 9.18. The summed E-state index contributed by atoms with van der Waals surface area (Å²) in [5.41, 5.74) is 1.61. The van der Waals surface area contributed by atoms with Gasteiger partial charge in [-0.15, -0.1) is 0 Å². The van der Waals surface area contributed by atoms with Crippen LogP contribution in [0.15, 0.2) is 83.5 Å². The second-order valence-electron chi connectivity index (χ2n) is 7.63. The third kappa shape index (κ3) is 7.85. The fourth-order valence-electron chi connectivity index (χ4n) is 3.34. The molecule has 0 aliphatic heterocycles. The van der Waals surface area contributed by atoms with Gasteiger partial charge in [-0.25, -0.2) is 9.59 Å². The topological polar surface area (TPSA) is 124 Å². The Hall–Kier alpha value is -4.40. The minimum atomic E-state index is -1.07. The third-order valence-corrected chi connectivity index (χ3v) is 5.07. The van der Waals surface area contributed by atoms with Crippen molar-refractivity contribution in [1.29, 1.82) is 0 Å². The smallest absolute Gasteiger partial charge is 0.329 e. The van der Waals surface area contributed by atoms with Crippen molar-refractivity contribution in [3.8, 4) is 0 Å². The van der Waals surface area contributed by atoms with Crippen LogP contribution in [-0.4, -0.2) is 49.6 Å². The third-order valence-electron chi connectivity index (χ3n) is 5.07. The van der Waals surface area contributed by atoms with E-state index >= 15 is 0 Å². The molecule has 0 saturated carbocycles. The van der Waals surface area contributed by atoms with Crippen molar-refractivity contribution in [2.45, 2.75) is 24.9 Å². The number of hydrogen-bond acceptors (Lipinski definition) is 7. The van der Waals surface area contributed by atoms with Gasteiger partial charge in [0.05, 0.1) is 13.4 Å². The first-order chi connectivity index (χ1) is 17.0. The summed E-state index contributed by atoms with van der Waals surface area (Å²) in [6, 6.07) is 19.2. The van der Waals surface area contributed by atoms with Crippen LogP contribution in [0.25, 0.3) is 0 Å². The molecule has 1 aromatic heterocycles. The molecule has 3 aromatic rings. The molecule has 0 aliphatic carbocycles. The predicted molar refractivity (Wildman–Crippen MR) is 125 cm³/mol. The van der Waals surface area contributed by atoms with Crippen LogP contribution in [0.4, 0.5) is 0 Å². The monoisotopic (exact) mass is 478 g/mol. The van der Waals surface area contributed by atoms with Crippen molar-refractivity contribution in [2.24, 2.45) is 0 Å². The van der Waals surface area contributed by atoms with Gasteiger partial charge >= 0.3 is 11.9 Å². The molecule has 2 amide bonds. The summed E-state index contributed by atoms with van der Waals surface area (Å²) < 4.78 is 15.0. The molecule has 0 spiro atoms. The summed E-state index contributed by atoms with van der Waals surface area (Å²) >= 11 is 0. The highest BCUT2D eigenvalue weighted by molar-refractivity contribution is 5.95. The van der Waals surface area contributed by atoms with Crippen molar-refractivity contribution in [3.05, 3.63) is 95.9 Å². The number of methoxy groups -OCH3 is 1. The van der Waals surface area contributed by atoms with E-state index in [1.54, 1.807) is 30.3 Å². The highest BCUT2D eigenvalue weighted by atomic mass is 16.5. The van der Waals surface area contributed by atoms with Gasteiger partial charge in [0.15, 0.2) is 12.4 Å². The number of hydrogen-bond donors (Lipinski definition) is 2.